The van der Waals surface area contributed by atoms with Gasteiger partial charge in [-0.05, 0) is 24.1 Å². The van der Waals surface area contributed by atoms with Crippen molar-refractivity contribution in [2.24, 2.45) is 0 Å². The van der Waals surface area contributed by atoms with E-state index < -0.39 is 6.04 Å². The van der Waals surface area contributed by atoms with Gasteiger partial charge in [-0.15, -0.1) is 10.2 Å². The van der Waals surface area contributed by atoms with Gasteiger partial charge in [0.1, 0.15) is 11.0 Å². The number of amides is 3. The van der Waals surface area contributed by atoms with Gasteiger partial charge in [-0.25, -0.2) is 9.69 Å². The van der Waals surface area contributed by atoms with E-state index in [2.05, 4.69) is 10.2 Å². The van der Waals surface area contributed by atoms with Crippen LogP contribution in [0.4, 0.5) is 9.93 Å². The van der Waals surface area contributed by atoms with Crippen LogP contribution in [0.2, 0.25) is 10.0 Å². The zero-order valence-corrected chi connectivity index (χ0v) is 18.5. The maximum absolute atomic E-state index is 13.3. The van der Waals surface area contributed by atoms with Gasteiger partial charge in [0.25, 0.3) is 5.91 Å². The Morgan fingerprint density at radius 3 is 2.43 bits per heavy atom. The maximum atomic E-state index is 13.3. The number of carbonyl (C=O) groups excluding carboxylic acids is 2. The summed E-state index contributed by atoms with van der Waals surface area (Å²) in [7, 11) is 0. The molecule has 3 amide bonds. The summed E-state index contributed by atoms with van der Waals surface area (Å²) >= 11 is 13.4. The first-order valence-corrected chi connectivity index (χ1v) is 10.7. The van der Waals surface area contributed by atoms with Gasteiger partial charge in [0, 0.05) is 12.0 Å². The van der Waals surface area contributed by atoms with E-state index in [1.165, 1.54) is 11.3 Å². The van der Waals surface area contributed by atoms with Gasteiger partial charge in [0.15, 0.2) is 0 Å². The van der Waals surface area contributed by atoms with Crippen molar-refractivity contribution in [3.8, 4) is 0 Å². The third kappa shape index (κ3) is 3.88. The van der Waals surface area contributed by atoms with E-state index >= 15 is 0 Å². The summed E-state index contributed by atoms with van der Waals surface area (Å²) < 4.78 is 0. The number of imide groups is 1. The number of rotatable bonds is 5. The second-order valence-electron chi connectivity index (χ2n) is 7.72. The highest BCUT2D eigenvalue weighted by Crippen LogP contribution is 2.39. The van der Waals surface area contributed by atoms with Crippen LogP contribution < -0.4 is 4.90 Å². The van der Waals surface area contributed by atoms with E-state index in [0.29, 0.717) is 27.3 Å². The second-order valence-corrected chi connectivity index (χ2v) is 9.49. The van der Waals surface area contributed by atoms with Crippen molar-refractivity contribution >= 4 is 51.6 Å². The van der Waals surface area contributed by atoms with Gasteiger partial charge in [-0.2, -0.15) is 0 Å². The Morgan fingerprint density at radius 1 is 1.14 bits per heavy atom. The van der Waals surface area contributed by atoms with E-state index in [-0.39, 0.29) is 17.4 Å². The first kappa shape index (κ1) is 21.0. The van der Waals surface area contributed by atoms with Crippen LogP contribution in [0.15, 0.2) is 18.2 Å². The van der Waals surface area contributed by atoms with Crippen LogP contribution in [0.1, 0.15) is 57.1 Å². The van der Waals surface area contributed by atoms with E-state index in [1.807, 2.05) is 27.7 Å². The highest BCUT2D eigenvalue weighted by Gasteiger charge is 2.48. The molecule has 1 atom stereocenters. The molecule has 28 heavy (non-hydrogen) atoms. The molecule has 0 aliphatic carbocycles. The predicted octanol–water partition coefficient (Wildman–Crippen LogP) is 5.45. The molecule has 0 saturated carbocycles. The van der Waals surface area contributed by atoms with E-state index in [9.17, 15) is 9.59 Å². The molecule has 0 bridgehead atoms. The fraction of sp³-hybridized carbons (Fsp3) is 0.474. The molecule has 0 N–H and O–H groups in total. The number of halogens is 2. The fourth-order valence-electron chi connectivity index (χ4n) is 2.93. The molecule has 2 aromatic rings. The molecule has 1 saturated heterocycles. The fourth-order valence-corrected chi connectivity index (χ4v) is 4.14. The SMILES string of the molecule is CCCCN1C(=O)N(c2nnc(C(C)(C)C)s2)C(=O)[C@@H]1c1ccc(Cl)c(Cl)c1. The smallest absolute Gasteiger partial charge is 0.308 e. The van der Waals surface area contributed by atoms with Gasteiger partial charge in [0.05, 0.1) is 10.0 Å². The van der Waals surface area contributed by atoms with Crippen LogP contribution in [0, 0.1) is 0 Å². The Kier molecular flexibility index (Phi) is 5.98. The van der Waals surface area contributed by atoms with Gasteiger partial charge in [-0.3, -0.25) is 4.79 Å². The highest BCUT2D eigenvalue weighted by atomic mass is 35.5. The molecule has 1 aliphatic rings. The number of hydrogen-bond acceptors (Lipinski definition) is 5. The van der Waals surface area contributed by atoms with Crippen molar-refractivity contribution in [1.29, 1.82) is 0 Å². The lowest BCUT2D eigenvalue weighted by molar-refractivity contribution is -0.119. The van der Waals surface area contributed by atoms with Crippen LogP contribution in [-0.2, 0) is 10.2 Å². The lowest BCUT2D eigenvalue weighted by Crippen LogP contribution is -2.33. The molecule has 3 rings (SSSR count). The molecule has 0 radical (unpaired) electrons. The molecule has 0 unspecified atom stereocenters. The van der Waals surface area contributed by atoms with Gasteiger partial charge >= 0.3 is 6.03 Å². The molecule has 9 heteroatoms. The van der Waals surface area contributed by atoms with E-state index in [0.717, 1.165) is 22.7 Å². The largest absolute Gasteiger partial charge is 0.334 e. The zero-order chi connectivity index (χ0) is 20.6. The van der Waals surface area contributed by atoms with Crippen LogP contribution in [0.25, 0.3) is 0 Å². The highest BCUT2D eigenvalue weighted by molar-refractivity contribution is 7.15. The number of nitrogens with zero attached hydrogens (tertiary/aromatic N) is 4. The Labute approximate surface area is 178 Å². The number of unbranched alkanes of at least 4 members (excludes halogenated alkanes) is 1. The molecule has 1 aliphatic heterocycles. The predicted molar refractivity (Wildman–Crippen MR) is 112 cm³/mol. The quantitative estimate of drug-likeness (QED) is 0.579. The number of hydrogen-bond donors (Lipinski definition) is 0. The van der Waals surface area contributed by atoms with Crippen molar-refractivity contribution in [1.82, 2.24) is 15.1 Å². The Balaban J connectivity index is 2.01. The Morgan fingerprint density at radius 2 is 1.86 bits per heavy atom. The topological polar surface area (TPSA) is 66.4 Å². The zero-order valence-electron chi connectivity index (χ0n) is 16.2. The summed E-state index contributed by atoms with van der Waals surface area (Å²) in [6, 6.07) is 3.87. The summed E-state index contributed by atoms with van der Waals surface area (Å²) in [5.74, 6) is -0.351. The van der Waals surface area contributed by atoms with Gasteiger partial charge in [-0.1, -0.05) is 74.7 Å². The molecule has 150 valence electrons. The lowest BCUT2D eigenvalue weighted by atomic mass is 9.98. The van der Waals surface area contributed by atoms with Crippen molar-refractivity contribution in [3.63, 3.8) is 0 Å². The number of aromatic nitrogens is 2. The third-order valence-corrected chi connectivity index (χ3v) is 6.54. The molecule has 6 nitrogen and oxygen atoms in total. The molecule has 1 aromatic heterocycles. The van der Waals surface area contributed by atoms with Crippen molar-refractivity contribution < 1.29 is 9.59 Å². The van der Waals surface area contributed by atoms with Crippen LogP contribution in [0.3, 0.4) is 0 Å². The first-order chi connectivity index (χ1) is 13.1. The maximum Gasteiger partial charge on any atom is 0.334 e. The summed E-state index contributed by atoms with van der Waals surface area (Å²) in [5.41, 5.74) is 0.416. The minimum absolute atomic E-state index is 0.216. The second kappa shape index (κ2) is 7.97. The number of benzene rings is 1. The van der Waals surface area contributed by atoms with Crippen molar-refractivity contribution in [2.45, 2.75) is 52.0 Å². The Hall–Kier alpha value is -1.70. The molecular formula is C19H22Cl2N4O2S. The molecule has 1 fully saturated rings. The van der Waals surface area contributed by atoms with E-state index in [4.69, 9.17) is 23.2 Å². The number of anilines is 1. The lowest BCUT2D eigenvalue weighted by Gasteiger charge is -2.22. The van der Waals surface area contributed by atoms with Gasteiger partial charge in [0.2, 0.25) is 5.13 Å². The van der Waals surface area contributed by atoms with E-state index in [1.54, 1.807) is 23.1 Å². The minimum atomic E-state index is -0.754. The van der Waals surface area contributed by atoms with Crippen LogP contribution in [0.5, 0.6) is 0 Å². The number of urea groups is 1. The first-order valence-electron chi connectivity index (χ1n) is 9.08. The molecule has 0 spiro atoms. The molecular weight excluding hydrogens is 419 g/mol. The molecule has 2 heterocycles. The number of carbonyl (C=O) groups is 2. The third-order valence-electron chi connectivity index (χ3n) is 4.46. The summed E-state index contributed by atoms with van der Waals surface area (Å²) in [6.07, 6.45) is 1.69. The average molecular weight is 441 g/mol. The Bertz CT molecular complexity index is 910. The standard InChI is InChI=1S/C19H22Cl2N4O2S/c1-5-6-9-24-14(11-7-8-12(20)13(21)10-11)15(26)25(18(24)27)17-23-22-16(28-17)19(2,3)4/h7-8,10,14H,5-6,9H2,1-4H3/t14-/m0/s1. The normalized spacial score (nSPS) is 17.7. The average Bonchev–Trinajstić information content (AvgIpc) is 3.19. The summed E-state index contributed by atoms with van der Waals surface area (Å²) in [6.45, 7) is 8.53. The van der Waals surface area contributed by atoms with Crippen LogP contribution in [-0.4, -0.2) is 33.6 Å². The molecule has 1 aromatic carbocycles. The van der Waals surface area contributed by atoms with Crippen molar-refractivity contribution in [2.75, 3.05) is 11.4 Å². The monoisotopic (exact) mass is 440 g/mol. The minimum Gasteiger partial charge on any atom is -0.308 e. The van der Waals surface area contributed by atoms with Crippen molar-refractivity contribution in [3.05, 3.63) is 38.8 Å². The van der Waals surface area contributed by atoms with Crippen LogP contribution >= 0.6 is 34.5 Å². The summed E-state index contributed by atoms with van der Waals surface area (Å²) in [5, 5.41) is 10.1. The van der Waals surface area contributed by atoms with Gasteiger partial charge < -0.3 is 4.90 Å². The summed E-state index contributed by atoms with van der Waals surface area (Å²) in [4.78, 5) is 29.1.